The van der Waals surface area contributed by atoms with E-state index in [0.717, 1.165) is 17.3 Å². The number of aromatic nitrogens is 3. The van der Waals surface area contributed by atoms with Crippen molar-refractivity contribution in [2.24, 2.45) is 5.10 Å². The highest BCUT2D eigenvalue weighted by atomic mass is 35.5. The molecule has 0 atom stereocenters. The molecule has 0 aliphatic heterocycles. The molecule has 0 saturated heterocycles. The van der Waals surface area contributed by atoms with E-state index in [2.05, 4.69) is 26.0 Å². The molecule has 0 spiro atoms. The Bertz CT molecular complexity index is 1010. The largest absolute Gasteiger partial charge is 0.495 e. The Morgan fingerprint density at radius 1 is 1.31 bits per heavy atom. The summed E-state index contributed by atoms with van der Waals surface area (Å²) < 4.78 is 6.43. The maximum atomic E-state index is 12.2. The number of anilines is 2. The van der Waals surface area contributed by atoms with Crippen molar-refractivity contribution in [3.8, 4) is 5.75 Å². The van der Waals surface area contributed by atoms with Gasteiger partial charge in [-0.25, -0.2) is 10.1 Å². The molecule has 0 aliphatic rings. The lowest BCUT2D eigenvalue weighted by atomic mass is 10.2. The Balaban J connectivity index is 1.55. The van der Waals surface area contributed by atoms with Gasteiger partial charge in [-0.1, -0.05) is 53.7 Å². The van der Waals surface area contributed by atoms with Gasteiger partial charge in [-0.2, -0.15) is 5.10 Å². The van der Waals surface area contributed by atoms with Crippen LogP contribution < -0.4 is 21.3 Å². The van der Waals surface area contributed by atoms with Gasteiger partial charge in [0.15, 0.2) is 0 Å². The lowest BCUT2D eigenvalue weighted by molar-refractivity contribution is -0.113. The number of thioether (sulfide) groups is 1. The number of hydrogen-bond acceptors (Lipinski definition) is 8. The number of nitrogen functional groups attached to an aromatic ring is 1. The van der Waals surface area contributed by atoms with E-state index < -0.39 is 0 Å². The summed E-state index contributed by atoms with van der Waals surface area (Å²) in [5, 5.41) is 15.5. The minimum atomic E-state index is -0.268. The molecule has 4 N–H and O–H groups in total. The summed E-state index contributed by atoms with van der Waals surface area (Å²) in [5.41, 5.74) is 4.13. The smallest absolute Gasteiger partial charge is 0.264 e. The summed E-state index contributed by atoms with van der Waals surface area (Å²) in [6, 6.07) is 14.5. The van der Waals surface area contributed by atoms with E-state index >= 15 is 0 Å². The Kier molecular flexibility index (Phi) is 6.93. The fraction of sp³-hybridized carbons (Fsp3) is 0.111. The number of nitrogens with one attached hydrogen (secondary N) is 2. The van der Waals surface area contributed by atoms with Crippen LogP contribution in [0.4, 0.5) is 11.6 Å². The number of methoxy groups -OCH3 is 1. The number of nitrogens with zero attached hydrogens (tertiary/aromatic N) is 4. The molecule has 0 aliphatic carbocycles. The van der Waals surface area contributed by atoms with Crippen LogP contribution in [0.5, 0.6) is 5.75 Å². The van der Waals surface area contributed by atoms with Gasteiger partial charge < -0.3 is 15.9 Å². The van der Waals surface area contributed by atoms with Crippen molar-refractivity contribution in [1.82, 2.24) is 14.9 Å². The van der Waals surface area contributed by atoms with Crippen molar-refractivity contribution >= 4 is 47.1 Å². The molecule has 0 saturated carbocycles. The van der Waals surface area contributed by atoms with Gasteiger partial charge in [-0.3, -0.25) is 4.79 Å². The predicted molar refractivity (Wildman–Crippen MR) is 115 cm³/mol. The van der Waals surface area contributed by atoms with Gasteiger partial charge in [0.05, 0.1) is 24.8 Å². The highest BCUT2D eigenvalue weighted by Gasteiger charge is 2.13. The zero-order chi connectivity index (χ0) is 20.6. The van der Waals surface area contributed by atoms with Crippen LogP contribution in [0, 0.1) is 0 Å². The minimum Gasteiger partial charge on any atom is -0.495 e. The number of benzene rings is 2. The summed E-state index contributed by atoms with van der Waals surface area (Å²) in [4.78, 5) is 12.2. The summed E-state index contributed by atoms with van der Waals surface area (Å²) in [6.07, 6.45) is 1.63. The second kappa shape index (κ2) is 9.80. The SMILES string of the molecule is COc1ccc(Cl)cc1NC(=O)CSc1nnc(N/N=C/c2ccccc2)n1N. The van der Waals surface area contributed by atoms with E-state index in [-0.39, 0.29) is 17.6 Å². The number of halogens is 1. The first-order valence-electron chi connectivity index (χ1n) is 8.37. The molecule has 0 fully saturated rings. The van der Waals surface area contributed by atoms with Crippen LogP contribution in [0.1, 0.15) is 5.56 Å². The van der Waals surface area contributed by atoms with Crippen LogP contribution in [-0.4, -0.2) is 39.9 Å². The summed E-state index contributed by atoms with van der Waals surface area (Å²) in [6.45, 7) is 0. The van der Waals surface area contributed by atoms with Crippen molar-refractivity contribution in [3.05, 3.63) is 59.1 Å². The molecule has 11 heteroatoms. The Labute approximate surface area is 176 Å². The van der Waals surface area contributed by atoms with E-state index in [1.165, 1.54) is 11.8 Å². The van der Waals surface area contributed by atoms with Crippen molar-refractivity contribution in [2.75, 3.05) is 29.4 Å². The van der Waals surface area contributed by atoms with Gasteiger partial charge >= 0.3 is 0 Å². The topological polar surface area (TPSA) is 119 Å². The minimum absolute atomic E-state index is 0.0677. The van der Waals surface area contributed by atoms with Crippen molar-refractivity contribution in [2.45, 2.75) is 5.16 Å². The summed E-state index contributed by atoms with van der Waals surface area (Å²) in [7, 11) is 1.51. The second-order valence-electron chi connectivity index (χ2n) is 5.64. The Morgan fingerprint density at radius 3 is 2.86 bits per heavy atom. The monoisotopic (exact) mass is 431 g/mol. The molecular formula is C18H18ClN7O2S. The first-order chi connectivity index (χ1) is 14.1. The lowest BCUT2D eigenvalue weighted by Gasteiger charge is -2.10. The van der Waals surface area contributed by atoms with Crippen molar-refractivity contribution < 1.29 is 9.53 Å². The molecule has 0 unspecified atom stereocenters. The van der Waals surface area contributed by atoms with Gasteiger partial charge in [-0.15, -0.1) is 10.2 Å². The van der Waals surface area contributed by atoms with Crippen LogP contribution in [0.3, 0.4) is 0 Å². The Hall–Kier alpha value is -3.24. The maximum Gasteiger partial charge on any atom is 0.264 e. The number of hydrazone groups is 1. The van der Waals surface area contributed by atoms with Crippen molar-refractivity contribution in [1.29, 1.82) is 0 Å². The fourth-order valence-electron chi connectivity index (χ4n) is 2.25. The normalized spacial score (nSPS) is 10.8. The first-order valence-corrected chi connectivity index (χ1v) is 9.74. The van der Waals surface area contributed by atoms with Crippen LogP contribution in [-0.2, 0) is 4.79 Å². The van der Waals surface area contributed by atoms with E-state index in [9.17, 15) is 4.79 Å². The number of ether oxygens (including phenoxy) is 1. The predicted octanol–water partition coefficient (Wildman–Crippen LogP) is 2.83. The van der Waals surface area contributed by atoms with Crippen LogP contribution in [0.2, 0.25) is 5.02 Å². The molecule has 1 heterocycles. The molecule has 2 aromatic carbocycles. The van der Waals surface area contributed by atoms with E-state index in [1.807, 2.05) is 30.3 Å². The highest BCUT2D eigenvalue weighted by Crippen LogP contribution is 2.28. The van der Waals surface area contributed by atoms with E-state index in [4.69, 9.17) is 22.2 Å². The van der Waals surface area contributed by atoms with Crippen LogP contribution >= 0.6 is 23.4 Å². The summed E-state index contributed by atoms with van der Waals surface area (Å²) in [5.74, 6) is 6.51. The summed E-state index contributed by atoms with van der Waals surface area (Å²) >= 11 is 7.10. The molecule has 3 aromatic rings. The highest BCUT2D eigenvalue weighted by molar-refractivity contribution is 7.99. The van der Waals surface area contributed by atoms with Gasteiger partial charge in [-0.05, 0) is 23.8 Å². The molecule has 1 amide bonds. The lowest BCUT2D eigenvalue weighted by Crippen LogP contribution is -2.17. The third-order valence-electron chi connectivity index (χ3n) is 3.61. The molecule has 3 rings (SSSR count). The standard InChI is InChI=1S/C18H18ClN7O2S/c1-28-15-8-7-13(19)9-14(15)22-16(27)11-29-18-25-24-17(26(18)20)23-21-10-12-5-3-2-4-6-12/h2-10H,11,20H2,1H3,(H,22,27)(H,23,24)/b21-10+. The molecule has 1 aromatic heterocycles. The molecule has 150 valence electrons. The maximum absolute atomic E-state index is 12.2. The first kappa shape index (κ1) is 20.5. The number of nitrogens with two attached hydrogens (primary N) is 1. The molecular weight excluding hydrogens is 414 g/mol. The number of carbonyl (C=O) groups is 1. The molecule has 9 nitrogen and oxygen atoms in total. The third-order valence-corrected chi connectivity index (χ3v) is 4.79. The van der Waals surface area contributed by atoms with Gasteiger partial charge in [0.2, 0.25) is 11.1 Å². The Morgan fingerprint density at radius 2 is 2.10 bits per heavy atom. The average Bonchev–Trinajstić information content (AvgIpc) is 3.07. The number of rotatable bonds is 8. The zero-order valence-electron chi connectivity index (χ0n) is 15.4. The zero-order valence-corrected chi connectivity index (χ0v) is 16.9. The van der Waals surface area contributed by atoms with Gasteiger partial charge in [0.1, 0.15) is 5.75 Å². The average molecular weight is 432 g/mol. The van der Waals surface area contributed by atoms with Crippen molar-refractivity contribution in [3.63, 3.8) is 0 Å². The second-order valence-corrected chi connectivity index (χ2v) is 7.02. The number of amides is 1. The quantitative estimate of drug-likeness (QED) is 0.217. The molecule has 0 radical (unpaired) electrons. The number of carbonyl (C=O) groups excluding carboxylic acids is 1. The van der Waals surface area contributed by atoms with Gasteiger partial charge in [0.25, 0.3) is 5.95 Å². The van der Waals surface area contributed by atoms with E-state index in [0.29, 0.717) is 21.6 Å². The third kappa shape index (κ3) is 5.62. The number of hydrogen-bond donors (Lipinski definition) is 3. The molecule has 29 heavy (non-hydrogen) atoms. The van der Waals surface area contributed by atoms with E-state index in [1.54, 1.807) is 24.4 Å². The van der Waals surface area contributed by atoms with Gasteiger partial charge in [0, 0.05) is 5.02 Å². The van der Waals surface area contributed by atoms with Crippen LogP contribution in [0.25, 0.3) is 0 Å². The molecule has 0 bridgehead atoms. The van der Waals surface area contributed by atoms with Crippen LogP contribution in [0.15, 0.2) is 58.8 Å². The fourth-order valence-corrected chi connectivity index (χ4v) is 3.08.